The third-order valence-electron chi connectivity index (χ3n) is 4.23. The van der Waals surface area contributed by atoms with Crippen LogP contribution in [0, 0.1) is 20.8 Å². The zero-order valence-electron chi connectivity index (χ0n) is 13.6. The molecule has 2 N–H and O–H groups in total. The van der Waals surface area contributed by atoms with Crippen molar-refractivity contribution in [3.05, 3.63) is 34.2 Å². The van der Waals surface area contributed by atoms with Gasteiger partial charge in [0.15, 0.2) is 5.13 Å². The van der Waals surface area contributed by atoms with E-state index in [0.29, 0.717) is 5.13 Å². The van der Waals surface area contributed by atoms with E-state index in [9.17, 15) is 4.79 Å². The quantitative estimate of drug-likeness (QED) is 0.883. The Balaban J connectivity index is 0.00000192. The van der Waals surface area contributed by atoms with Gasteiger partial charge in [0.1, 0.15) is 0 Å². The summed E-state index contributed by atoms with van der Waals surface area (Å²) in [6.07, 6.45) is 1.96. The Morgan fingerprint density at radius 2 is 2.00 bits per heavy atom. The minimum Gasteiger partial charge on any atom is -0.306 e. The fraction of sp³-hybridized carbons (Fsp3) is 0.412. The van der Waals surface area contributed by atoms with Crippen LogP contribution in [-0.2, 0) is 4.79 Å². The highest BCUT2D eigenvalue weighted by molar-refractivity contribution is 7.14. The van der Waals surface area contributed by atoms with Gasteiger partial charge in [0.05, 0.1) is 11.7 Å². The van der Waals surface area contributed by atoms with Crippen molar-refractivity contribution in [2.45, 2.75) is 39.7 Å². The van der Waals surface area contributed by atoms with Crippen molar-refractivity contribution in [3.8, 4) is 11.3 Å². The first-order valence-electron chi connectivity index (χ1n) is 7.62. The summed E-state index contributed by atoms with van der Waals surface area (Å²) in [6, 6.07) is 4.28. The second-order valence-corrected chi connectivity index (χ2v) is 6.79. The zero-order chi connectivity index (χ0) is 15.7. The van der Waals surface area contributed by atoms with Crippen molar-refractivity contribution >= 4 is 34.8 Å². The molecule has 2 heterocycles. The summed E-state index contributed by atoms with van der Waals surface area (Å²) in [4.78, 5) is 16.7. The monoisotopic (exact) mass is 351 g/mol. The fourth-order valence-electron chi connectivity index (χ4n) is 2.79. The predicted molar refractivity (Wildman–Crippen MR) is 98.7 cm³/mol. The fourth-order valence-corrected chi connectivity index (χ4v) is 3.51. The van der Waals surface area contributed by atoms with Crippen LogP contribution in [0.1, 0.15) is 29.5 Å². The summed E-state index contributed by atoms with van der Waals surface area (Å²) in [5, 5.41) is 8.81. The van der Waals surface area contributed by atoms with E-state index >= 15 is 0 Å². The number of nitrogens with one attached hydrogen (secondary N) is 2. The van der Waals surface area contributed by atoms with Crippen LogP contribution in [0.5, 0.6) is 0 Å². The van der Waals surface area contributed by atoms with Gasteiger partial charge in [-0.25, -0.2) is 4.98 Å². The van der Waals surface area contributed by atoms with Crippen LogP contribution in [0.25, 0.3) is 11.3 Å². The third kappa shape index (κ3) is 3.91. The summed E-state index contributed by atoms with van der Waals surface area (Å²) in [7, 11) is 0. The number of hydrogen-bond acceptors (Lipinski definition) is 4. The van der Waals surface area contributed by atoms with Gasteiger partial charge in [-0.3, -0.25) is 4.79 Å². The molecule has 0 aliphatic carbocycles. The van der Waals surface area contributed by atoms with Crippen LogP contribution in [-0.4, -0.2) is 23.5 Å². The van der Waals surface area contributed by atoms with Crippen LogP contribution in [0.4, 0.5) is 5.13 Å². The summed E-state index contributed by atoms with van der Waals surface area (Å²) in [6.45, 7) is 7.25. The standard InChI is InChI=1S/C17H21N3OS.ClH/c1-10-7-12(3)13(8-11(10)2)15-9-22-17(19-15)20-16(21)14-5-4-6-18-14;/h7-9,14,18H,4-6H2,1-3H3,(H,19,20,21);1H. The number of benzene rings is 1. The predicted octanol–water partition coefficient (Wildman–Crippen LogP) is 3.85. The molecular formula is C17H22ClN3OS. The van der Waals surface area contributed by atoms with Crippen LogP contribution in [0.2, 0.25) is 0 Å². The van der Waals surface area contributed by atoms with Gasteiger partial charge in [0.2, 0.25) is 5.91 Å². The number of carbonyl (C=O) groups is 1. The van der Waals surface area contributed by atoms with E-state index in [-0.39, 0.29) is 24.4 Å². The number of amides is 1. The first kappa shape index (κ1) is 17.9. The minimum atomic E-state index is -0.0734. The van der Waals surface area contributed by atoms with E-state index in [0.717, 1.165) is 30.6 Å². The van der Waals surface area contributed by atoms with E-state index in [1.54, 1.807) is 0 Å². The van der Waals surface area contributed by atoms with Gasteiger partial charge in [0, 0.05) is 10.9 Å². The molecule has 1 aromatic carbocycles. The number of halogens is 1. The molecule has 1 saturated heterocycles. The molecule has 1 fully saturated rings. The van der Waals surface area contributed by atoms with Gasteiger partial charge in [-0.2, -0.15) is 0 Å². The smallest absolute Gasteiger partial charge is 0.243 e. The minimum absolute atomic E-state index is 0. The second kappa shape index (κ2) is 7.43. The molecule has 1 aromatic heterocycles. The van der Waals surface area contributed by atoms with Crippen LogP contribution < -0.4 is 10.6 Å². The van der Waals surface area contributed by atoms with Gasteiger partial charge >= 0.3 is 0 Å². The Morgan fingerprint density at radius 1 is 1.26 bits per heavy atom. The number of aromatic nitrogens is 1. The molecule has 0 saturated carbocycles. The molecule has 23 heavy (non-hydrogen) atoms. The first-order valence-corrected chi connectivity index (χ1v) is 8.50. The average molecular weight is 352 g/mol. The van der Waals surface area contributed by atoms with Crippen molar-refractivity contribution in [3.63, 3.8) is 0 Å². The zero-order valence-corrected chi connectivity index (χ0v) is 15.2. The van der Waals surface area contributed by atoms with Gasteiger partial charge in [-0.05, 0) is 62.9 Å². The molecule has 1 unspecified atom stereocenters. The molecule has 1 aliphatic rings. The number of hydrogen-bond donors (Lipinski definition) is 2. The normalized spacial score (nSPS) is 16.9. The molecule has 124 valence electrons. The molecule has 4 nitrogen and oxygen atoms in total. The number of aryl methyl sites for hydroxylation is 3. The number of thiazole rings is 1. The summed E-state index contributed by atoms with van der Waals surface area (Å²) >= 11 is 1.48. The van der Waals surface area contributed by atoms with Gasteiger partial charge in [-0.1, -0.05) is 6.07 Å². The largest absolute Gasteiger partial charge is 0.306 e. The SMILES string of the molecule is Cc1cc(C)c(-c2csc(NC(=O)C3CCCN3)n2)cc1C.Cl. The number of nitrogens with zero attached hydrogens (tertiary/aromatic N) is 1. The summed E-state index contributed by atoms with van der Waals surface area (Å²) in [5.74, 6) is 0.0233. The summed E-state index contributed by atoms with van der Waals surface area (Å²) < 4.78 is 0. The molecule has 0 bridgehead atoms. The highest BCUT2D eigenvalue weighted by Crippen LogP contribution is 2.29. The van der Waals surface area contributed by atoms with E-state index in [1.165, 1.54) is 28.0 Å². The lowest BCUT2D eigenvalue weighted by atomic mass is 9.99. The lowest BCUT2D eigenvalue weighted by molar-refractivity contribution is -0.117. The molecule has 0 radical (unpaired) electrons. The number of anilines is 1. The number of rotatable bonds is 3. The van der Waals surface area contributed by atoms with E-state index in [4.69, 9.17) is 0 Å². The van der Waals surface area contributed by atoms with E-state index < -0.39 is 0 Å². The highest BCUT2D eigenvalue weighted by atomic mass is 35.5. The molecule has 6 heteroatoms. The van der Waals surface area contributed by atoms with Gasteiger partial charge in [0.25, 0.3) is 0 Å². The first-order chi connectivity index (χ1) is 10.5. The Bertz CT molecular complexity index is 708. The average Bonchev–Trinajstić information content (AvgIpc) is 3.14. The van der Waals surface area contributed by atoms with Crippen molar-refractivity contribution in [1.82, 2.24) is 10.3 Å². The molecular weight excluding hydrogens is 330 g/mol. The Hall–Kier alpha value is -1.43. The molecule has 3 rings (SSSR count). The Labute approximate surface area is 147 Å². The summed E-state index contributed by atoms with van der Waals surface area (Å²) in [5.41, 5.74) is 5.83. The van der Waals surface area contributed by atoms with Crippen LogP contribution in [0.3, 0.4) is 0 Å². The van der Waals surface area contributed by atoms with Crippen molar-refractivity contribution < 1.29 is 4.79 Å². The molecule has 1 amide bonds. The maximum atomic E-state index is 12.1. The van der Waals surface area contributed by atoms with Crippen molar-refractivity contribution in [1.29, 1.82) is 0 Å². The molecule has 2 aromatic rings. The van der Waals surface area contributed by atoms with Crippen molar-refractivity contribution in [2.24, 2.45) is 0 Å². The molecule has 1 aliphatic heterocycles. The van der Waals surface area contributed by atoms with E-state index in [2.05, 4.69) is 48.5 Å². The van der Waals surface area contributed by atoms with Crippen molar-refractivity contribution in [2.75, 3.05) is 11.9 Å². The maximum absolute atomic E-state index is 12.1. The lowest BCUT2D eigenvalue weighted by Crippen LogP contribution is -2.35. The molecule has 1 atom stereocenters. The highest BCUT2D eigenvalue weighted by Gasteiger charge is 2.22. The Kier molecular flexibility index (Phi) is 5.79. The van der Waals surface area contributed by atoms with E-state index in [1.807, 2.05) is 5.38 Å². The third-order valence-corrected chi connectivity index (χ3v) is 4.99. The van der Waals surface area contributed by atoms with Crippen LogP contribution >= 0.6 is 23.7 Å². The topological polar surface area (TPSA) is 54.0 Å². The Morgan fingerprint density at radius 3 is 2.70 bits per heavy atom. The molecule has 0 spiro atoms. The van der Waals surface area contributed by atoms with Gasteiger partial charge in [-0.15, -0.1) is 23.7 Å². The maximum Gasteiger partial charge on any atom is 0.243 e. The lowest BCUT2D eigenvalue weighted by Gasteiger charge is -2.09. The van der Waals surface area contributed by atoms with Gasteiger partial charge < -0.3 is 10.6 Å². The number of carbonyl (C=O) groups excluding carboxylic acids is 1. The van der Waals surface area contributed by atoms with Crippen LogP contribution in [0.15, 0.2) is 17.5 Å². The second-order valence-electron chi connectivity index (χ2n) is 5.93.